The number of halogens is 2. The Bertz CT molecular complexity index is 398. The molecule has 0 fully saturated rings. The standard InChI is InChI=1S/C12H15BrFNO2/c1-3-15(7-8-17-2)12(16)9-5-4-6-10(14)11(9)13/h4-6H,3,7-8H2,1-2H3. The summed E-state index contributed by atoms with van der Waals surface area (Å²) in [7, 11) is 1.58. The number of hydrogen-bond donors (Lipinski definition) is 0. The van der Waals surface area contributed by atoms with E-state index < -0.39 is 5.82 Å². The zero-order valence-electron chi connectivity index (χ0n) is 9.87. The van der Waals surface area contributed by atoms with Gasteiger partial charge in [-0.1, -0.05) is 6.07 Å². The third-order valence-corrected chi connectivity index (χ3v) is 3.22. The van der Waals surface area contributed by atoms with E-state index in [-0.39, 0.29) is 10.4 Å². The predicted molar refractivity (Wildman–Crippen MR) is 67.6 cm³/mol. The third kappa shape index (κ3) is 3.51. The molecule has 0 saturated heterocycles. The molecule has 0 atom stereocenters. The number of carbonyl (C=O) groups is 1. The van der Waals surface area contributed by atoms with Crippen molar-refractivity contribution in [2.75, 3.05) is 26.8 Å². The van der Waals surface area contributed by atoms with E-state index in [4.69, 9.17) is 4.74 Å². The van der Waals surface area contributed by atoms with Crippen LogP contribution in [0.4, 0.5) is 4.39 Å². The van der Waals surface area contributed by atoms with Gasteiger partial charge in [0, 0.05) is 20.2 Å². The number of carbonyl (C=O) groups excluding carboxylic acids is 1. The van der Waals surface area contributed by atoms with Crippen LogP contribution in [0.3, 0.4) is 0 Å². The summed E-state index contributed by atoms with van der Waals surface area (Å²) < 4.78 is 18.5. The number of methoxy groups -OCH3 is 1. The van der Waals surface area contributed by atoms with Gasteiger partial charge in [0.15, 0.2) is 0 Å². The molecule has 0 bridgehead atoms. The van der Waals surface area contributed by atoms with Gasteiger partial charge < -0.3 is 9.64 Å². The highest BCUT2D eigenvalue weighted by atomic mass is 79.9. The van der Waals surface area contributed by atoms with Crippen LogP contribution in [0.25, 0.3) is 0 Å². The number of hydrogen-bond acceptors (Lipinski definition) is 2. The Balaban J connectivity index is 2.90. The summed E-state index contributed by atoms with van der Waals surface area (Å²) in [4.78, 5) is 13.7. The first kappa shape index (κ1) is 14.1. The van der Waals surface area contributed by atoms with Gasteiger partial charge in [0.1, 0.15) is 5.82 Å². The highest BCUT2D eigenvalue weighted by molar-refractivity contribution is 9.10. The van der Waals surface area contributed by atoms with Crippen LogP contribution in [-0.4, -0.2) is 37.6 Å². The van der Waals surface area contributed by atoms with E-state index in [1.807, 2.05) is 6.92 Å². The molecule has 0 unspecified atom stereocenters. The zero-order valence-corrected chi connectivity index (χ0v) is 11.5. The van der Waals surface area contributed by atoms with Gasteiger partial charge in [-0.25, -0.2) is 4.39 Å². The van der Waals surface area contributed by atoms with E-state index in [1.165, 1.54) is 12.1 Å². The minimum Gasteiger partial charge on any atom is -0.383 e. The zero-order chi connectivity index (χ0) is 12.8. The van der Waals surface area contributed by atoms with Crippen LogP contribution in [0.15, 0.2) is 22.7 Å². The van der Waals surface area contributed by atoms with Crippen LogP contribution >= 0.6 is 15.9 Å². The Kier molecular flexibility index (Phi) is 5.58. The van der Waals surface area contributed by atoms with Crippen molar-refractivity contribution >= 4 is 21.8 Å². The summed E-state index contributed by atoms with van der Waals surface area (Å²) in [6.07, 6.45) is 0. The normalized spacial score (nSPS) is 10.4. The van der Waals surface area contributed by atoms with E-state index in [0.29, 0.717) is 25.3 Å². The van der Waals surface area contributed by atoms with Crippen LogP contribution in [0.2, 0.25) is 0 Å². The summed E-state index contributed by atoms with van der Waals surface area (Å²) in [5, 5.41) is 0. The number of amides is 1. The number of rotatable bonds is 5. The highest BCUT2D eigenvalue weighted by Gasteiger charge is 2.18. The van der Waals surface area contributed by atoms with E-state index in [1.54, 1.807) is 18.1 Å². The van der Waals surface area contributed by atoms with Crippen molar-refractivity contribution in [2.24, 2.45) is 0 Å². The summed E-state index contributed by atoms with van der Waals surface area (Å²) >= 11 is 3.09. The summed E-state index contributed by atoms with van der Waals surface area (Å²) in [6, 6.07) is 4.44. The molecule has 0 N–H and O–H groups in total. The molecule has 94 valence electrons. The summed E-state index contributed by atoms with van der Waals surface area (Å²) in [6.45, 7) is 3.40. The van der Waals surface area contributed by atoms with Gasteiger partial charge in [-0.05, 0) is 35.0 Å². The molecule has 0 aliphatic heterocycles. The van der Waals surface area contributed by atoms with E-state index >= 15 is 0 Å². The fourth-order valence-electron chi connectivity index (χ4n) is 1.44. The smallest absolute Gasteiger partial charge is 0.255 e. The molecule has 0 aromatic heterocycles. The molecule has 17 heavy (non-hydrogen) atoms. The molecule has 1 aromatic rings. The quantitative estimate of drug-likeness (QED) is 0.837. The summed E-state index contributed by atoms with van der Waals surface area (Å²) in [5.41, 5.74) is 0.336. The van der Waals surface area contributed by atoms with Crippen LogP contribution in [-0.2, 0) is 4.74 Å². The van der Waals surface area contributed by atoms with Gasteiger partial charge in [-0.3, -0.25) is 4.79 Å². The maximum absolute atomic E-state index is 13.3. The average Bonchev–Trinajstić information content (AvgIpc) is 2.33. The Morgan fingerprint density at radius 2 is 2.24 bits per heavy atom. The van der Waals surface area contributed by atoms with Gasteiger partial charge in [-0.2, -0.15) is 0 Å². The van der Waals surface area contributed by atoms with Crippen molar-refractivity contribution in [1.82, 2.24) is 4.90 Å². The van der Waals surface area contributed by atoms with Crippen LogP contribution in [0.5, 0.6) is 0 Å². The van der Waals surface area contributed by atoms with E-state index in [9.17, 15) is 9.18 Å². The van der Waals surface area contributed by atoms with Crippen molar-refractivity contribution < 1.29 is 13.9 Å². The fourth-order valence-corrected chi connectivity index (χ4v) is 1.88. The van der Waals surface area contributed by atoms with Crippen molar-refractivity contribution in [3.8, 4) is 0 Å². The lowest BCUT2D eigenvalue weighted by Crippen LogP contribution is -2.34. The minimum absolute atomic E-state index is 0.198. The molecule has 1 rings (SSSR count). The Morgan fingerprint density at radius 1 is 1.53 bits per heavy atom. The predicted octanol–water partition coefficient (Wildman–Crippen LogP) is 2.70. The van der Waals surface area contributed by atoms with E-state index in [0.717, 1.165) is 0 Å². The van der Waals surface area contributed by atoms with Gasteiger partial charge in [0.2, 0.25) is 0 Å². The maximum Gasteiger partial charge on any atom is 0.255 e. The first-order valence-corrected chi connectivity index (χ1v) is 6.13. The monoisotopic (exact) mass is 303 g/mol. The van der Waals surface area contributed by atoms with E-state index in [2.05, 4.69) is 15.9 Å². The molecule has 0 aliphatic rings. The molecule has 0 radical (unpaired) electrons. The molecule has 1 amide bonds. The number of nitrogens with zero attached hydrogens (tertiary/aromatic N) is 1. The van der Waals surface area contributed by atoms with Crippen LogP contribution in [0, 0.1) is 5.82 Å². The van der Waals surface area contributed by atoms with Crippen molar-refractivity contribution in [3.05, 3.63) is 34.1 Å². The lowest BCUT2D eigenvalue weighted by atomic mass is 10.2. The number of benzene rings is 1. The number of likely N-dealkylation sites (N-methyl/N-ethyl adjacent to an activating group) is 1. The van der Waals surface area contributed by atoms with Crippen molar-refractivity contribution in [3.63, 3.8) is 0 Å². The van der Waals surface area contributed by atoms with Gasteiger partial charge in [-0.15, -0.1) is 0 Å². The second-order valence-corrected chi connectivity index (χ2v) is 4.27. The largest absolute Gasteiger partial charge is 0.383 e. The molecule has 3 nitrogen and oxygen atoms in total. The lowest BCUT2D eigenvalue weighted by molar-refractivity contribution is 0.0705. The van der Waals surface area contributed by atoms with Crippen LogP contribution in [0.1, 0.15) is 17.3 Å². The molecule has 0 heterocycles. The van der Waals surface area contributed by atoms with Crippen LogP contribution < -0.4 is 0 Å². The second-order valence-electron chi connectivity index (χ2n) is 3.48. The topological polar surface area (TPSA) is 29.5 Å². The SMILES string of the molecule is CCN(CCOC)C(=O)c1cccc(F)c1Br. The molecular formula is C12H15BrFNO2. The number of ether oxygens (including phenoxy) is 1. The van der Waals surface area contributed by atoms with Crippen molar-refractivity contribution in [1.29, 1.82) is 0 Å². The first-order valence-electron chi connectivity index (χ1n) is 5.34. The van der Waals surface area contributed by atoms with Gasteiger partial charge >= 0.3 is 0 Å². The summed E-state index contributed by atoms with van der Waals surface area (Å²) in [5.74, 6) is -0.630. The molecule has 0 saturated carbocycles. The van der Waals surface area contributed by atoms with Crippen molar-refractivity contribution in [2.45, 2.75) is 6.92 Å². The molecular weight excluding hydrogens is 289 g/mol. The lowest BCUT2D eigenvalue weighted by Gasteiger charge is -2.21. The fraction of sp³-hybridized carbons (Fsp3) is 0.417. The Morgan fingerprint density at radius 3 is 2.82 bits per heavy atom. The van der Waals surface area contributed by atoms with Gasteiger partial charge in [0.05, 0.1) is 16.6 Å². The Hall–Kier alpha value is -0.940. The van der Waals surface area contributed by atoms with Gasteiger partial charge in [0.25, 0.3) is 5.91 Å². The third-order valence-electron chi connectivity index (χ3n) is 2.42. The molecule has 5 heteroatoms. The highest BCUT2D eigenvalue weighted by Crippen LogP contribution is 2.21. The molecule has 0 spiro atoms. The molecule has 1 aromatic carbocycles. The Labute approximate surface area is 109 Å². The minimum atomic E-state index is -0.432. The maximum atomic E-state index is 13.3. The first-order chi connectivity index (χ1) is 8.11. The average molecular weight is 304 g/mol. The molecule has 0 aliphatic carbocycles. The second kappa shape index (κ2) is 6.71.